The van der Waals surface area contributed by atoms with E-state index in [1.807, 2.05) is 24.3 Å². The third-order valence-corrected chi connectivity index (χ3v) is 5.04. The number of amides is 1. The Bertz CT molecular complexity index is 1260. The minimum atomic E-state index is -0.519. The van der Waals surface area contributed by atoms with Crippen LogP contribution in [0.3, 0.4) is 0 Å². The lowest BCUT2D eigenvalue weighted by Gasteiger charge is -2.12. The van der Waals surface area contributed by atoms with E-state index in [1.54, 1.807) is 49.6 Å². The van der Waals surface area contributed by atoms with Gasteiger partial charge in [-0.25, -0.2) is 0 Å². The zero-order valence-electron chi connectivity index (χ0n) is 18.7. The lowest BCUT2D eigenvalue weighted by atomic mass is 10.1. The van der Waals surface area contributed by atoms with E-state index in [0.29, 0.717) is 46.6 Å². The van der Waals surface area contributed by atoms with Crippen molar-refractivity contribution in [2.45, 2.75) is 6.61 Å². The molecule has 8 nitrogen and oxygen atoms in total. The molecule has 8 heteroatoms. The van der Waals surface area contributed by atoms with Crippen LogP contribution >= 0.6 is 0 Å². The first-order valence-electron chi connectivity index (χ1n) is 10.4. The molecule has 1 aliphatic rings. The second kappa shape index (κ2) is 10.3. The molecule has 0 fully saturated rings. The molecule has 172 valence electrons. The molecular formula is C26H22N2O6. The van der Waals surface area contributed by atoms with E-state index in [2.05, 4.69) is 5.32 Å². The van der Waals surface area contributed by atoms with Gasteiger partial charge in [0, 0.05) is 5.69 Å². The Labute approximate surface area is 196 Å². The molecule has 4 rings (SSSR count). The van der Waals surface area contributed by atoms with E-state index in [4.69, 9.17) is 23.7 Å². The van der Waals surface area contributed by atoms with Crippen molar-refractivity contribution in [2.24, 2.45) is 0 Å². The molecule has 3 aromatic carbocycles. The van der Waals surface area contributed by atoms with Crippen LogP contribution in [0.2, 0.25) is 0 Å². The highest BCUT2D eigenvalue weighted by molar-refractivity contribution is 6.09. The Morgan fingerprint density at radius 2 is 1.79 bits per heavy atom. The van der Waals surface area contributed by atoms with Gasteiger partial charge in [-0.1, -0.05) is 12.1 Å². The maximum absolute atomic E-state index is 12.6. The highest BCUT2D eigenvalue weighted by Crippen LogP contribution is 2.34. The quantitative estimate of drug-likeness (QED) is 0.390. The molecule has 1 N–H and O–H groups in total. The van der Waals surface area contributed by atoms with Crippen molar-refractivity contribution in [3.05, 3.63) is 77.4 Å². The SMILES string of the molecule is COc1ccc(NC(=O)/C(C#N)=C\c2ccc(OCc3ccc4c(c3)OCO4)c(OC)c2)cc1. The van der Waals surface area contributed by atoms with Crippen LogP contribution in [0.4, 0.5) is 5.69 Å². The van der Waals surface area contributed by atoms with Gasteiger partial charge >= 0.3 is 0 Å². The van der Waals surface area contributed by atoms with Gasteiger partial charge in [-0.05, 0) is 65.7 Å². The molecule has 0 bridgehead atoms. The highest BCUT2D eigenvalue weighted by Gasteiger charge is 2.14. The van der Waals surface area contributed by atoms with Crippen LogP contribution in [0.1, 0.15) is 11.1 Å². The second-order valence-corrected chi connectivity index (χ2v) is 7.24. The lowest BCUT2D eigenvalue weighted by Crippen LogP contribution is -2.13. The van der Waals surface area contributed by atoms with Crippen LogP contribution in [0.15, 0.2) is 66.2 Å². The summed E-state index contributed by atoms with van der Waals surface area (Å²) in [7, 11) is 3.09. The second-order valence-electron chi connectivity index (χ2n) is 7.24. The Morgan fingerprint density at radius 1 is 1.00 bits per heavy atom. The van der Waals surface area contributed by atoms with E-state index in [-0.39, 0.29) is 12.4 Å². The number of nitrogens with one attached hydrogen (secondary N) is 1. The summed E-state index contributed by atoms with van der Waals surface area (Å²) in [6, 6.07) is 19.6. The number of benzene rings is 3. The molecule has 0 radical (unpaired) electrons. The van der Waals surface area contributed by atoms with Crippen molar-refractivity contribution in [2.75, 3.05) is 26.3 Å². The molecule has 1 amide bonds. The van der Waals surface area contributed by atoms with Gasteiger partial charge in [0.25, 0.3) is 5.91 Å². The lowest BCUT2D eigenvalue weighted by molar-refractivity contribution is -0.112. The van der Waals surface area contributed by atoms with Crippen molar-refractivity contribution in [3.8, 4) is 34.8 Å². The number of ether oxygens (including phenoxy) is 5. The van der Waals surface area contributed by atoms with E-state index in [1.165, 1.54) is 13.2 Å². The standard InChI is InChI=1S/C26H22N2O6/c1-30-21-7-5-20(6-8-21)28-26(29)19(14-27)11-17-3-9-22(24(12-17)31-2)32-15-18-4-10-23-25(13-18)34-16-33-23/h3-13H,15-16H2,1-2H3,(H,28,29)/b19-11-. The summed E-state index contributed by atoms with van der Waals surface area (Å²) in [6.45, 7) is 0.515. The fraction of sp³-hybridized carbons (Fsp3) is 0.154. The molecule has 0 aliphatic carbocycles. The van der Waals surface area contributed by atoms with Gasteiger partial charge in [0.05, 0.1) is 14.2 Å². The van der Waals surface area contributed by atoms with Gasteiger partial charge in [0.2, 0.25) is 6.79 Å². The van der Waals surface area contributed by atoms with Gasteiger partial charge in [-0.3, -0.25) is 4.79 Å². The Balaban J connectivity index is 1.45. The molecule has 0 aromatic heterocycles. The summed E-state index contributed by atoms with van der Waals surface area (Å²) in [6.07, 6.45) is 1.49. The number of hydrogen-bond acceptors (Lipinski definition) is 7. The van der Waals surface area contributed by atoms with Gasteiger partial charge < -0.3 is 29.0 Å². The number of carbonyl (C=O) groups is 1. The van der Waals surface area contributed by atoms with Crippen LogP contribution in [-0.4, -0.2) is 26.9 Å². The van der Waals surface area contributed by atoms with Crippen LogP contribution in [0.5, 0.6) is 28.7 Å². The average molecular weight is 458 g/mol. The van der Waals surface area contributed by atoms with E-state index in [0.717, 1.165) is 5.56 Å². The highest BCUT2D eigenvalue weighted by atomic mass is 16.7. The van der Waals surface area contributed by atoms with Crippen LogP contribution in [0, 0.1) is 11.3 Å². The van der Waals surface area contributed by atoms with Gasteiger partial charge in [-0.15, -0.1) is 0 Å². The number of carbonyl (C=O) groups excluding carboxylic acids is 1. The molecular weight excluding hydrogens is 436 g/mol. The predicted octanol–water partition coefficient (Wildman–Crippen LogP) is 4.56. The Kier molecular flexibility index (Phi) is 6.84. The molecule has 0 spiro atoms. The largest absolute Gasteiger partial charge is 0.497 e. The smallest absolute Gasteiger partial charge is 0.266 e. The zero-order chi connectivity index (χ0) is 23.9. The minimum absolute atomic E-state index is 0.0492. The van der Waals surface area contributed by atoms with Gasteiger partial charge in [0.15, 0.2) is 23.0 Å². The van der Waals surface area contributed by atoms with Crippen LogP contribution < -0.4 is 29.0 Å². The number of nitriles is 1. The Hall–Kier alpha value is -4.64. The molecule has 0 saturated heterocycles. The summed E-state index contributed by atoms with van der Waals surface area (Å²) in [5.41, 5.74) is 2.04. The minimum Gasteiger partial charge on any atom is -0.497 e. The van der Waals surface area contributed by atoms with E-state index < -0.39 is 5.91 Å². The van der Waals surface area contributed by atoms with Gasteiger partial charge in [0.1, 0.15) is 24.0 Å². The summed E-state index contributed by atoms with van der Waals surface area (Å²) in [5, 5.41) is 12.2. The maximum Gasteiger partial charge on any atom is 0.266 e. The number of hydrogen-bond donors (Lipinski definition) is 1. The summed E-state index contributed by atoms with van der Waals surface area (Å²) in [5.74, 6) is 2.55. The first-order valence-corrected chi connectivity index (χ1v) is 10.4. The molecule has 34 heavy (non-hydrogen) atoms. The van der Waals surface area contributed by atoms with Crippen molar-refractivity contribution < 1.29 is 28.5 Å². The summed E-state index contributed by atoms with van der Waals surface area (Å²) >= 11 is 0. The van der Waals surface area contributed by atoms with Crippen LogP contribution in [-0.2, 0) is 11.4 Å². The van der Waals surface area contributed by atoms with Crippen molar-refractivity contribution in [1.82, 2.24) is 0 Å². The van der Waals surface area contributed by atoms with Gasteiger partial charge in [-0.2, -0.15) is 5.26 Å². The normalized spacial score (nSPS) is 12.0. The third-order valence-electron chi connectivity index (χ3n) is 5.04. The van der Waals surface area contributed by atoms with E-state index in [9.17, 15) is 10.1 Å². The Morgan fingerprint density at radius 3 is 2.53 bits per heavy atom. The number of methoxy groups -OCH3 is 2. The first kappa shape index (κ1) is 22.6. The fourth-order valence-corrected chi connectivity index (χ4v) is 3.27. The summed E-state index contributed by atoms with van der Waals surface area (Å²) < 4.78 is 27.2. The number of rotatable bonds is 8. The molecule has 3 aromatic rings. The maximum atomic E-state index is 12.6. The van der Waals surface area contributed by atoms with Crippen LogP contribution in [0.25, 0.3) is 6.08 Å². The third kappa shape index (κ3) is 5.22. The topological polar surface area (TPSA) is 99.0 Å². The monoisotopic (exact) mass is 458 g/mol. The van der Waals surface area contributed by atoms with E-state index >= 15 is 0 Å². The zero-order valence-corrected chi connectivity index (χ0v) is 18.7. The molecule has 0 unspecified atom stereocenters. The van der Waals surface area contributed by atoms with Crippen molar-refractivity contribution in [3.63, 3.8) is 0 Å². The summed E-state index contributed by atoms with van der Waals surface area (Å²) in [4.78, 5) is 12.6. The molecule has 1 aliphatic heterocycles. The average Bonchev–Trinajstić information content (AvgIpc) is 3.34. The number of nitrogens with zero attached hydrogens (tertiary/aromatic N) is 1. The number of fused-ring (bicyclic) bond motifs is 1. The first-order chi connectivity index (χ1) is 16.6. The molecule has 1 heterocycles. The van der Waals surface area contributed by atoms with Crippen molar-refractivity contribution >= 4 is 17.7 Å². The molecule has 0 saturated carbocycles. The number of anilines is 1. The predicted molar refractivity (Wildman–Crippen MR) is 125 cm³/mol. The van der Waals surface area contributed by atoms with Crippen molar-refractivity contribution in [1.29, 1.82) is 5.26 Å². The fourth-order valence-electron chi connectivity index (χ4n) is 3.27. The molecule has 0 atom stereocenters.